The van der Waals surface area contributed by atoms with Gasteiger partial charge < -0.3 is 4.74 Å². The Labute approximate surface area is 188 Å². The summed E-state index contributed by atoms with van der Waals surface area (Å²) in [6.45, 7) is 4.17. The molecule has 0 saturated carbocycles. The number of nitrogens with zero attached hydrogens (tertiary/aromatic N) is 3. The van der Waals surface area contributed by atoms with Crippen molar-refractivity contribution in [2.24, 2.45) is 5.10 Å². The fourth-order valence-electron chi connectivity index (χ4n) is 4.28. The smallest absolute Gasteiger partial charge is 0.269 e. The predicted molar refractivity (Wildman–Crippen MR) is 122 cm³/mol. The summed E-state index contributed by atoms with van der Waals surface area (Å²) in [4.78, 5) is 10.9. The van der Waals surface area contributed by atoms with E-state index in [0.717, 1.165) is 33.5 Å². The Hall–Kier alpha value is -3.19. The zero-order chi connectivity index (χ0) is 21.7. The van der Waals surface area contributed by atoms with E-state index in [0.29, 0.717) is 5.56 Å². The summed E-state index contributed by atoms with van der Waals surface area (Å²) in [5, 5.41) is 18.3. The first-order valence-electron chi connectivity index (χ1n) is 10.0. The second-order valence-electron chi connectivity index (χ2n) is 7.97. The number of hydrogen-bond acceptors (Lipinski definition) is 5. The molecule has 0 aliphatic carbocycles. The lowest BCUT2D eigenvalue weighted by Crippen LogP contribution is -2.33. The van der Waals surface area contributed by atoms with Crippen molar-refractivity contribution in [3.8, 4) is 5.75 Å². The van der Waals surface area contributed by atoms with Gasteiger partial charge in [-0.2, -0.15) is 5.10 Å². The fourth-order valence-corrected chi connectivity index (χ4v) is 4.66. The first-order chi connectivity index (χ1) is 14.9. The Morgan fingerprint density at radius 2 is 1.97 bits per heavy atom. The van der Waals surface area contributed by atoms with Crippen molar-refractivity contribution in [3.63, 3.8) is 0 Å². The maximum atomic E-state index is 11.3. The Morgan fingerprint density at radius 1 is 1.13 bits per heavy atom. The first-order valence-corrected chi connectivity index (χ1v) is 10.8. The van der Waals surface area contributed by atoms with Crippen LogP contribution < -0.4 is 4.74 Å². The van der Waals surface area contributed by atoms with Crippen molar-refractivity contribution >= 4 is 27.3 Å². The third-order valence-corrected chi connectivity index (χ3v) is 6.32. The Bertz CT molecular complexity index is 1240. The van der Waals surface area contributed by atoms with Crippen LogP contribution in [-0.2, 0) is 0 Å². The van der Waals surface area contributed by atoms with Gasteiger partial charge in [0.05, 0.1) is 16.7 Å². The molecule has 3 aromatic rings. The van der Waals surface area contributed by atoms with Crippen molar-refractivity contribution in [1.29, 1.82) is 0 Å². The summed E-state index contributed by atoms with van der Waals surface area (Å²) in [6.07, 6.45) is 0.198. The van der Waals surface area contributed by atoms with Crippen LogP contribution in [0, 0.1) is 24.0 Å². The molecule has 2 heterocycles. The van der Waals surface area contributed by atoms with Gasteiger partial charge in [0.15, 0.2) is 0 Å². The largest absolute Gasteiger partial charge is 0.464 e. The molecule has 0 aromatic heterocycles. The minimum Gasteiger partial charge on any atom is -0.464 e. The molecule has 156 valence electrons. The van der Waals surface area contributed by atoms with Crippen LogP contribution in [0.15, 0.2) is 70.2 Å². The third kappa shape index (κ3) is 3.49. The lowest BCUT2D eigenvalue weighted by molar-refractivity contribution is -0.385. The number of hydrazone groups is 1. The van der Waals surface area contributed by atoms with Gasteiger partial charge in [-0.05, 0) is 43.7 Å². The van der Waals surface area contributed by atoms with E-state index < -0.39 is 6.23 Å². The number of nitro benzene ring substituents is 1. The van der Waals surface area contributed by atoms with E-state index in [9.17, 15) is 10.1 Å². The van der Waals surface area contributed by atoms with Gasteiger partial charge in [0, 0.05) is 39.7 Å². The highest BCUT2D eigenvalue weighted by Crippen LogP contribution is 2.48. The van der Waals surface area contributed by atoms with Crippen LogP contribution in [0.3, 0.4) is 0 Å². The second kappa shape index (κ2) is 7.50. The highest BCUT2D eigenvalue weighted by molar-refractivity contribution is 9.10. The number of rotatable bonds is 3. The highest BCUT2D eigenvalue weighted by Gasteiger charge is 2.41. The van der Waals surface area contributed by atoms with Crippen molar-refractivity contribution in [2.45, 2.75) is 32.5 Å². The van der Waals surface area contributed by atoms with Gasteiger partial charge in [-0.15, -0.1) is 0 Å². The molecule has 0 fully saturated rings. The van der Waals surface area contributed by atoms with Crippen molar-refractivity contribution < 1.29 is 9.66 Å². The number of halogens is 1. The standard InChI is InChI=1S/C24H20BrN3O3/c1-14-6-7-15(2)19(10-14)21-13-22-20-12-17(25)8-9-23(20)31-24(27(22)26-21)16-4-3-5-18(11-16)28(29)30/h3-12,22,24H,13H2,1-2H3. The monoisotopic (exact) mass is 477 g/mol. The maximum Gasteiger partial charge on any atom is 0.269 e. The van der Waals surface area contributed by atoms with Gasteiger partial charge in [0.2, 0.25) is 6.23 Å². The zero-order valence-corrected chi connectivity index (χ0v) is 18.7. The van der Waals surface area contributed by atoms with Crippen molar-refractivity contribution in [1.82, 2.24) is 5.01 Å². The third-order valence-electron chi connectivity index (χ3n) is 5.82. The molecule has 0 bridgehead atoms. The SMILES string of the molecule is Cc1ccc(C)c(C2=NN3C(C2)c2cc(Br)ccc2OC3c2cccc([N+](=O)[O-])c2)c1. The molecule has 2 atom stereocenters. The molecule has 0 saturated heterocycles. The molecule has 31 heavy (non-hydrogen) atoms. The second-order valence-corrected chi connectivity index (χ2v) is 8.89. The van der Waals surface area contributed by atoms with Gasteiger partial charge in [-0.3, -0.25) is 10.1 Å². The Kier molecular flexibility index (Phi) is 4.78. The van der Waals surface area contributed by atoms with Crippen LogP contribution in [-0.4, -0.2) is 15.6 Å². The number of benzene rings is 3. The number of aryl methyl sites for hydroxylation is 2. The molecule has 0 amide bonds. The van der Waals surface area contributed by atoms with Crippen LogP contribution in [0.4, 0.5) is 5.69 Å². The number of fused-ring (bicyclic) bond motifs is 3. The van der Waals surface area contributed by atoms with E-state index in [-0.39, 0.29) is 16.7 Å². The maximum absolute atomic E-state index is 11.3. The molecule has 5 rings (SSSR count). The van der Waals surface area contributed by atoms with E-state index in [1.165, 1.54) is 17.2 Å². The quantitative estimate of drug-likeness (QED) is 0.331. The molecule has 7 heteroatoms. The van der Waals surface area contributed by atoms with Crippen LogP contribution in [0.2, 0.25) is 0 Å². The predicted octanol–water partition coefficient (Wildman–Crippen LogP) is 6.22. The van der Waals surface area contributed by atoms with Gasteiger partial charge in [0.25, 0.3) is 5.69 Å². The van der Waals surface area contributed by atoms with Crippen molar-refractivity contribution in [2.75, 3.05) is 0 Å². The molecule has 3 aromatic carbocycles. The molecule has 6 nitrogen and oxygen atoms in total. The lowest BCUT2D eigenvalue weighted by atomic mass is 9.93. The molecule has 2 aliphatic rings. The summed E-state index contributed by atoms with van der Waals surface area (Å²) in [5.41, 5.74) is 6.28. The number of hydrogen-bond donors (Lipinski definition) is 0. The van der Waals surface area contributed by atoms with E-state index in [4.69, 9.17) is 9.84 Å². The molecule has 0 spiro atoms. The van der Waals surface area contributed by atoms with Crippen LogP contribution in [0.1, 0.15) is 46.5 Å². The summed E-state index contributed by atoms with van der Waals surface area (Å²) in [5.74, 6) is 0.776. The van der Waals surface area contributed by atoms with E-state index in [1.54, 1.807) is 12.1 Å². The zero-order valence-electron chi connectivity index (χ0n) is 17.1. The summed E-state index contributed by atoms with van der Waals surface area (Å²) in [6, 6.07) is 18.9. The molecule has 0 N–H and O–H groups in total. The molecule has 2 aliphatic heterocycles. The van der Waals surface area contributed by atoms with E-state index >= 15 is 0 Å². The molecule has 2 unspecified atom stereocenters. The summed E-state index contributed by atoms with van der Waals surface area (Å²) < 4.78 is 7.31. The molecule has 0 radical (unpaired) electrons. The number of non-ortho nitro benzene ring substituents is 1. The van der Waals surface area contributed by atoms with Crippen molar-refractivity contribution in [3.05, 3.63) is 103 Å². The molecular formula is C24H20BrN3O3. The Balaban J connectivity index is 1.63. The number of nitro groups is 1. The Morgan fingerprint density at radius 3 is 2.77 bits per heavy atom. The highest BCUT2D eigenvalue weighted by atomic mass is 79.9. The van der Waals surface area contributed by atoms with Gasteiger partial charge in [-0.25, -0.2) is 5.01 Å². The molecular weight excluding hydrogens is 458 g/mol. The topological polar surface area (TPSA) is 68.0 Å². The first kappa shape index (κ1) is 19.8. The average molecular weight is 478 g/mol. The van der Waals surface area contributed by atoms with Crippen LogP contribution in [0.5, 0.6) is 5.75 Å². The fraction of sp³-hybridized carbons (Fsp3) is 0.208. The average Bonchev–Trinajstić information content (AvgIpc) is 3.20. The normalized spacial score (nSPS) is 19.3. The van der Waals surface area contributed by atoms with Crippen LogP contribution in [0.25, 0.3) is 0 Å². The van der Waals surface area contributed by atoms with Gasteiger partial charge in [-0.1, -0.05) is 45.8 Å². The summed E-state index contributed by atoms with van der Waals surface area (Å²) in [7, 11) is 0. The van der Waals surface area contributed by atoms with E-state index in [2.05, 4.69) is 54.0 Å². The van der Waals surface area contributed by atoms with E-state index in [1.807, 2.05) is 23.2 Å². The summed E-state index contributed by atoms with van der Waals surface area (Å²) >= 11 is 3.57. The van der Waals surface area contributed by atoms with Crippen LogP contribution >= 0.6 is 15.9 Å². The lowest BCUT2D eigenvalue weighted by Gasteiger charge is -2.38. The number of ether oxygens (including phenoxy) is 1. The minimum absolute atomic E-state index is 0.0135. The van der Waals surface area contributed by atoms with Gasteiger partial charge >= 0.3 is 0 Å². The minimum atomic E-state index is -0.541. The van der Waals surface area contributed by atoms with Gasteiger partial charge in [0.1, 0.15) is 5.75 Å².